The van der Waals surface area contributed by atoms with Crippen molar-refractivity contribution >= 4 is 22.8 Å². The Balaban J connectivity index is 1.69. The molecule has 9 nitrogen and oxygen atoms in total. The summed E-state index contributed by atoms with van der Waals surface area (Å²) in [7, 11) is 0. The Morgan fingerprint density at radius 3 is 2.84 bits per heavy atom. The summed E-state index contributed by atoms with van der Waals surface area (Å²) in [5.74, 6) is -2.36. The summed E-state index contributed by atoms with van der Waals surface area (Å²) >= 11 is 0. The second-order valence-electron chi connectivity index (χ2n) is 9.79. The van der Waals surface area contributed by atoms with Crippen LogP contribution in [0.2, 0.25) is 0 Å². The molecule has 0 radical (unpaired) electrons. The van der Waals surface area contributed by atoms with E-state index in [1.54, 1.807) is 13.8 Å². The number of nitrogens with zero attached hydrogens (tertiary/aromatic N) is 3. The van der Waals surface area contributed by atoms with E-state index in [2.05, 4.69) is 0 Å². The summed E-state index contributed by atoms with van der Waals surface area (Å²) in [6, 6.07) is 1.75. The number of carbonyl (C=O) groups is 2. The number of aliphatic hydroxyl groups excluding tert-OH is 1. The number of fused-ring (bicyclic) bond motifs is 5. The number of rotatable bonds is 3. The fourth-order valence-corrected chi connectivity index (χ4v) is 6.04. The molecule has 1 amide bonds. The number of carbonyl (C=O) groups excluding carboxylic acids is 2. The fraction of sp³-hybridized carbons (Fsp3) is 0.407. The number of hydrogen-bond donors (Lipinski definition) is 2. The molecule has 0 spiro atoms. The molecule has 0 fully saturated rings. The van der Waals surface area contributed by atoms with E-state index in [0.29, 0.717) is 32.5 Å². The van der Waals surface area contributed by atoms with Gasteiger partial charge in [-0.15, -0.1) is 0 Å². The molecule has 3 aromatic rings. The van der Waals surface area contributed by atoms with Gasteiger partial charge in [0.15, 0.2) is 5.60 Å². The van der Waals surface area contributed by atoms with Crippen molar-refractivity contribution < 1.29 is 33.0 Å². The number of hydrogen-bond acceptors (Lipinski definition) is 7. The van der Waals surface area contributed by atoms with Crippen molar-refractivity contribution in [2.45, 2.75) is 57.9 Å². The van der Waals surface area contributed by atoms with Gasteiger partial charge in [-0.1, -0.05) is 6.92 Å². The maximum Gasteiger partial charge on any atom is 0.343 e. The first-order chi connectivity index (χ1) is 18.8. The third kappa shape index (κ3) is 3.02. The summed E-state index contributed by atoms with van der Waals surface area (Å²) in [5.41, 5.74) is 0.392. The van der Waals surface area contributed by atoms with E-state index >= 15 is 4.39 Å². The van der Waals surface area contributed by atoms with E-state index < -0.39 is 48.5 Å². The molecule has 0 unspecified atom stereocenters. The summed E-state index contributed by atoms with van der Waals surface area (Å²) in [4.78, 5) is 44.4. The van der Waals surface area contributed by atoms with Crippen LogP contribution in [0.1, 0.15) is 63.3 Å². The van der Waals surface area contributed by atoms with E-state index in [4.69, 9.17) is 13.8 Å². The normalized spacial score (nSPS) is 22.9. The molecule has 10 heteroatoms. The van der Waals surface area contributed by atoms with Crippen LogP contribution in [-0.4, -0.2) is 50.1 Å². The summed E-state index contributed by atoms with van der Waals surface area (Å²) in [6.45, 7) is -1.04. The van der Waals surface area contributed by atoms with Gasteiger partial charge in [-0.25, -0.2) is 14.2 Å². The number of aromatic nitrogens is 2. The molecule has 0 bridgehead atoms. The van der Waals surface area contributed by atoms with Crippen molar-refractivity contribution in [1.82, 2.24) is 14.5 Å². The molecule has 192 valence electrons. The summed E-state index contributed by atoms with van der Waals surface area (Å²) in [5, 5.41) is 21.3. The Bertz CT molecular complexity index is 1720. The molecule has 37 heavy (non-hydrogen) atoms. The first kappa shape index (κ1) is 20.4. The zero-order chi connectivity index (χ0) is 28.9. The Morgan fingerprint density at radius 2 is 2.14 bits per heavy atom. The van der Waals surface area contributed by atoms with Crippen molar-refractivity contribution in [3.63, 3.8) is 0 Å². The van der Waals surface area contributed by atoms with Crippen LogP contribution in [0.25, 0.3) is 22.3 Å². The highest BCUT2D eigenvalue weighted by Crippen LogP contribution is 2.47. The third-order valence-corrected chi connectivity index (χ3v) is 8.06. The molecule has 2 atom stereocenters. The van der Waals surface area contributed by atoms with Crippen molar-refractivity contribution in [2.24, 2.45) is 0 Å². The Morgan fingerprint density at radius 1 is 1.35 bits per heavy atom. The maximum absolute atomic E-state index is 15.0. The maximum atomic E-state index is 15.0. The number of aliphatic hydroxyl groups is 2. The van der Waals surface area contributed by atoms with Crippen molar-refractivity contribution in [2.75, 3.05) is 13.6 Å². The zero-order valence-electron chi connectivity index (χ0n) is 23.2. The summed E-state index contributed by atoms with van der Waals surface area (Å²) < 4.78 is 45.8. The quantitative estimate of drug-likeness (QED) is 0.404. The van der Waals surface area contributed by atoms with Gasteiger partial charge in [0.05, 0.1) is 35.1 Å². The number of halogens is 1. The smallest absolute Gasteiger partial charge is 0.343 e. The number of pyridine rings is 2. The molecule has 1 aliphatic carbocycles. The number of amides is 1. The molecule has 0 saturated heterocycles. The standard InChI is InChI=1S/C27H26FN3O6/c1-4-27(36)16-7-20-24-14(9-31(20)25(34)15(16)11-37-26(27)35)23-19(30(3)21(33)10-32)6-5-13-12(2)17(28)8-18(29-24)22(13)23/h7-8,19,32,36H,4-6,9-11H2,1-3H3/t19-,27-/m0/s1/i3D3. The Kier molecular flexibility index (Phi) is 4.38. The third-order valence-electron chi connectivity index (χ3n) is 8.06. The molecule has 2 aromatic heterocycles. The number of likely N-dealkylation sites (N-methyl/N-ethyl adjacent to an activating group) is 1. The Labute approximate surface area is 215 Å². The van der Waals surface area contributed by atoms with Gasteiger partial charge in [0.1, 0.15) is 19.0 Å². The average molecular weight is 511 g/mol. The molecular weight excluding hydrogens is 481 g/mol. The van der Waals surface area contributed by atoms with E-state index in [1.807, 2.05) is 0 Å². The van der Waals surface area contributed by atoms with Crippen molar-refractivity contribution in [1.29, 1.82) is 0 Å². The lowest BCUT2D eigenvalue weighted by Crippen LogP contribution is -2.44. The predicted molar refractivity (Wildman–Crippen MR) is 130 cm³/mol. The van der Waals surface area contributed by atoms with Crippen LogP contribution in [0, 0.1) is 12.7 Å². The van der Waals surface area contributed by atoms with Gasteiger partial charge in [-0.3, -0.25) is 9.59 Å². The first-order valence-corrected chi connectivity index (χ1v) is 12.1. The van der Waals surface area contributed by atoms with Gasteiger partial charge < -0.3 is 24.4 Å². The lowest BCUT2D eigenvalue weighted by molar-refractivity contribution is -0.172. The fourth-order valence-electron chi connectivity index (χ4n) is 6.04. The lowest BCUT2D eigenvalue weighted by Gasteiger charge is -2.35. The minimum atomic E-state index is -2.89. The largest absolute Gasteiger partial charge is 0.458 e. The van der Waals surface area contributed by atoms with Crippen LogP contribution in [-0.2, 0) is 39.5 Å². The number of aryl methyl sites for hydroxylation is 1. The van der Waals surface area contributed by atoms with E-state index in [0.717, 1.165) is 0 Å². The molecule has 0 saturated carbocycles. The molecular formula is C27H26FN3O6. The highest BCUT2D eigenvalue weighted by Gasteiger charge is 2.46. The number of ether oxygens (including phenoxy) is 1. The van der Waals surface area contributed by atoms with Crippen LogP contribution in [0.5, 0.6) is 0 Å². The highest BCUT2D eigenvalue weighted by molar-refractivity contribution is 5.94. The van der Waals surface area contributed by atoms with Gasteiger partial charge in [0.2, 0.25) is 5.91 Å². The van der Waals surface area contributed by atoms with Gasteiger partial charge in [-0.05, 0) is 48.9 Å². The molecule has 4 heterocycles. The molecule has 1 aromatic carbocycles. The zero-order valence-corrected chi connectivity index (χ0v) is 20.2. The Hall–Kier alpha value is -3.63. The van der Waals surface area contributed by atoms with Crippen LogP contribution in [0.15, 0.2) is 16.9 Å². The van der Waals surface area contributed by atoms with Gasteiger partial charge >= 0.3 is 5.97 Å². The highest BCUT2D eigenvalue weighted by atomic mass is 19.1. The van der Waals surface area contributed by atoms with E-state index in [-0.39, 0.29) is 60.4 Å². The molecule has 6 rings (SSSR count). The second-order valence-corrected chi connectivity index (χ2v) is 9.79. The van der Waals surface area contributed by atoms with Crippen molar-refractivity contribution in [3.05, 3.63) is 61.7 Å². The van der Waals surface area contributed by atoms with E-state index in [9.17, 15) is 24.6 Å². The van der Waals surface area contributed by atoms with Crippen LogP contribution in [0.3, 0.4) is 0 Å². The van der Waals surface area contributed by atoms with Crippen LogP contribution >= 0.6 is 0 Å². The van der Waals surface area contributed by atoms with Crippen LogP contribution < -0.4 is 5.56 Å². The summed E-state index contributed by atoms with van der Waals surface area (Å²) in [6.07, 6.45) is 0.373. The average Bonchev–Trinajstić information content (AvgIpc) is 3.28. The minimum Gasteiger partial charge on any atom is -0.458 e. The van der Waals surface area contributed by atoms with Gasteiger partial charge in [-0.2, -0.15) is 0 Å². The first-order valence-electron chi connectivity index (χ1n) is 13.6. The SMILES string of the molecule is [2H]C([2H])([2H])N(C(=O)CO)[C@H]1CCc2c(C)c(F)cc3nc4c(c1c23)Cn1c-4cc2c(c1=O)COC(=O)[C@]2(O)CC. The van der Waals surface area contributed by atoms with Crippen molar-refractivity contribution in [3.8, 4) is 11.4 Å². The monoisotopic (exact) mass is 510 g/mol. The molecule has 2 N–H and O–H groups in total. The minimum absolute atomic E-state index is 0.0257. The van der Waals surface area contributed by atoms with Gasteiger partial charge in [0.25, 0.3) is 5.56 Å². The molecule has 3 aliphatic rings. The number of cyclic esters (lactones) is 1. The number of esters is 1. The number of benzene rings is 1. The molecule has 2 aliphatic heterocycles. The lowest BCUT2D eigenvalue weighted by atomic mass is 9.81. The van der Waals surface area contributed by atoms with Gasteiger partial charge in [0, 0.05) is 33.7 Å². The second kappa shape index (κ2) is 7.93. The van der Waals surface area contributed by atoms with Crippen LogP contribution in [0.4, 0.5) is 4.39 Å². The van der Waals surface area contributed by atoms with E-state index in [1.165, 1.54) is 16.7 Å². The predicted octanol–water partition coefficient (Wildman–Crippen LogP) is 1.97. The topological polar surface area (TPSA) is 122 Å².